The van der Waals surface area contributed by atoms with Crippen LogP contribution in [0.2, 0.25) is 0 Å². The largest absolute Gasteiger partial charge is 0.419 e. The maximum absolute atomic E-state index is 13.6. The molecule has 0 heterocycles. The first kappa shape index (κ1) is 13.5. The smallest absolute Gasteiger partial charge is 0.206 e. The fraction of sp³-hybridized carbons (Fsp3) is 0.182. The Morgan fingerprint density at radius 3 is 2.41 bits per heavy atom. The van der Waals surface area contributed by atoms with Crippen LogP contribution in [0.15, 0.2) is 23.8 Å². The van der Waals surface area contributed by atoms with Gasteiger partial charge in [0.2, 0.25) is 0 Å². The molecule has 0 bridgehead atoms. The molecule has 6 heteroatoms. The molecule has 0 saturated heterocycles. The van der Waals surface area contributed by atoms with Gasteiger partial charge in [-0.25, -0.2) is 4.39 Å². The van der Waals surface area contributed by atoms with Gasteiger partial charge in [-0.3, -0.25) is 0 Å². The third-order valence-electron chi connectivity index (χ3n) is 2.04. The van der Waals surface area contributed by atoms with Crippen molar-refractivity contribution >= 4 is 16.6 Å². The molecule has 1 rings (SSSR count). The minimum Gasteiger partial charge on any atom is -0.206 e. The number of nitriles is 1. The molecule has 1 nitrogen and oxygen atoms in total. The van der Waals surface area contributed by atoms with Gasteiger partial charge in [0.1, 0.15) is 5.82 Å². The highest BCUT2D eigenvalue weighted by Crippen LogP contribution is 2.35. The van der Waals surface area contributed by atoms with Crippen LogP contribution < -0.4 is 0 Å². The lowest BCUT2D eigenvalue weighted by atomic mass is 10.1. The molecule has 0 aliphatic heterocycles. The number of benzene rings is 1. The van der Waals surface area contributed by atoms with Crippen LogP contribution in [-0.4, -0.2) is 0 Å². The molecule has 0 aliphatic rings. The number of hydrogen-bond acceptors (Lipinski definition) is 1. The Hall–Kier alpha value is -1.54. The van der Waals surface area contributed by atoms with Crippen molar-refractivity contribution in [2.24, 2.45) is 0 Å². The summed E-state index contributed by atoms with van der Waals surface area (Å²) in [6.45, 7) is 1.29. The molecule has 1 aromatic carbocycles. The topological polar surface area (TPSA) is 23.8 Å². The van der Waals surface area contributed by atoms with Gasteiger partial charge < -0.3 is 0 Å². The standard InChI is InChI=1S/C11H6ClF4N/c1-6(5-17)9(12)7-3-2-4-8(10(7)13)11(14,15)16/h2-4H,1H3. The number of halogens is 5. The zero-order valence-electron chi connectivity index (χ0n) is 8.57. The first-order valence-corrected chi connectivity index (χ1v) is 4.79. The van der Waals surface area contributed by atoms with Crippen molar-refractivity contribution in [3.63, 3.8) is 0 Å². The average Bonchev–Trinajstić information content (AvgIpc) is 2.25. The Labute approximate surface area is 99.9 Å². The van der Waals surface area contributed by atoms with Gasteiger partial charge in [0.15, 0.2) is 0 Å². The Balaban J connectivity index is 3.46. The first-order chi connectivity index (χ1) is 7.79. The van der Waals surface area contributed by atoms with Crippen LogP contribution in [0, 0.1) is 17.1 Å². The normalized spacial score (nSPS) is 13.0. The zero-order chi connectivity index (χ0) is 13.2. The monoisotopic (exact) mass is 263 g/mol. The van der Waals surface area contributed by atoms with E-state index in [1.807, 2.05) is 0 Å². The van der Waals surface area contributed by atoms with E-state index in [0.29, 0.717) is 6.07 Å². The Morgan fingerprint density at radius 2 is 1.94 bits per heavy atom. The summed E-state index contributed by atoms with van der Waals surface area (Å²) in [4.78, 5) is 0. The predicted molar refractivity (Wildman–Crippen MR) is 55.5 cm³/mol. The highest BCUT2D eigenvalue weighted by atomic mass is 35.5. The second kappa shape index (κ2) is 4.76. The molecular weight excluding hydrogens is 258 g/mol. The van der Waals surface area contributed by atoms with Crippen molar-refractivity contribution < 1.29 is 17.6 Å². The molecule has 0 aromatic heterocycles. The molecule has 0 atom stereocenters. The van der Waals surface area contributed by atoms with Gasteiger partial charge in [-0.2, -0.15) is 18.4 Å². The molecular formula is C11H6ClF4N. The highest BCUT2D eigenvalue weighted by molar-refractivity contribution is 6.49. The molecule has 0 radical (unpaired) electrons. The number of rotatable bonds is 1. The lowest BCUT2D eigenvalue weighted by Gasteiger charge is -2.10. The van der Waals surface area contributed by atoms with Gasteiger partial charge in [0.25, 0.3) is 0 Å². The van der Waals surface area contributed by atoms with Crippen LogP contribution in [-0.2, 0) is 6.18 Å². The molecule has 0 N–H and O–H groups in total. The molecule has 90 valence electrons. The lowest BCUT2D eigenvalue weighted by molar-refractivity contribution is -0.140. The lowest BCUT2D eigenvalue weighted by Crippen LogP contribution is -2.09. The Kier molecular flexibility index (Phi) is 3.79. The maximum atomic E-state index is 13.6. The van der Waals surface area contributed by atoms with E-state index in [1.54, 1.807) is 6.07 Å². The summed E-state index contributed by atoms with van der Waals surface area (Å²) in [6.07, 6.45) is -4.79. The molecule has 0 fully saturated rings. The predicted octanol–water partition coefficient (Wildman–Crippen LogP) is 4.34. The minimum absolute atomic E-state index is 0.0510. The van der Waals surface area contributed by atoms with Crippen molar-refractivity contribution in [3.05, 3.63) is 40.7 Å². The van der Waals surface area contributed by atoms with Crippen molar-refractivity contribution in [3.8, 4) is 6.07 Å². The Morgan fingerprint density at radius 1 is 1.35 bits per heavy atom. The summed E-state index contributed by atoms with van der Waals surface area (Å²) in [5.41, 5.74) is -1.88. The number of nitrogens with zero attached hydrogens (tertiary/aromatic N) is 1. The highest BCUT2D eigenvalue weighted by Gasteiger charge is 2.35. The number of hydrogen-bond donors (Lipinski definition) is 0. The summed E-state index contributed by atoms with van der Waals surface area (Å²) in [5.74, 6) is -1.47. The van der Waals surface area contributed by atoms with Gasteiger partial charge in [0.05, 0.1) is 16.7 Å². The Bertz CT molecular complexity index is 511. The van der Waals surface area contributed by atoms with Gasteiger partial charge in [-0.15, -0.1) is 0 Å². The molecule has 17 heavy (non-hydrogen) atoms. The van der Waals surface area contributed by atoms with E-state index in [-0.39, 0.29) is 10.6 Å². The summed E-state index contributed by atoms with van der Waals surface area (Å²) in [5, 5.41) is 8.23. The molecule has 0 unspecified atom stereocenters. The van der Waals surface area contributed by atoms with Gasteiger partial charge in [-0.1, -0.05) is 23.7 Å². The quantitative estimate of drug-likeness (QED) is 0.546. The van der Waals surface area contributed by atoms with E-state index in [0.717, 1.165) is 12.1 Å². The van der Waals surface area contributed by atoms with Crippen molar-refractivity contribution in [2.75, 3.05) is 0 Å². The molecule has 0 spiro atoms. The summed E-state index contributed by atoms with van der Waals surface area (Å²) >= 11 is 5.63. The van der Waals surface area contributed by atoms with E-state index < -0.39 is 23.1 Å². The van der Waals surface area contributed by atoms with E-state index in [1.165, 1.54) is 6.92 Å². The van der Waals surface area contributed by atoms with Crippen LogP contribution in [0.1, 0.15) is 18.1 Å². The fourth-order valence-electron chi connectivity index (χ4n) is 1.17. The van der Waals surface area contributed by atoms with E-state index in [4.69, 9.17) is 16.9 Å². The SMILES string of the molecule is CC(C#N)=C(Cl)c1cccc(C(F)(F)F)c1F. The van der Waals surface area contributed by atoms with Gasteiger partial charge >= 0.3 is 6.18 Å². The van der Waals surface area contributed by atoms with Crippen LogP contribution >= 0.6 is 11.6 Å². The fourth-order valence-corrected chi connectivity index (χ4v) is 1.36. The molecule has 0 saturated carbocycles. The number of alkyl halides is 3. The van der Waals surface area contributed by atoms with Gasteiger partial charge in [0, 0.05) is 11.1 Å². The second-order valence-corrected chi connectivity index (χ2v) is 3.59. The molecule has 1 aromatic rings. The number of allylic oxidation sites excluding steroid dienone is 1. The molecule has 0 aliphatic carbocycles. The van der Waals surface area contributed by atoms with Crippen LogP contribution in [0.5, 0.6) is 0 Å². The van der Waals surface area contributed by atoms with E-state index in [2.05, 4.69) is 0 Å². The zero-order valence-corrected chi connectivity index (χ0v) is 9.33. The van der Waals surface area contributed by atoms with E-state index in [9.17, 15) is 17.6 Å². The van der Waals surface area contributed by atoms with Crippen molar-refractivity contribution in [1.82, 2.24) is 0 Å². The van der Waals surface area contributed by atoms with Crippen LogP contribution in [0.3, 0.4) is 0 Å². The first-order valence-electron chi connectivity index (χ1n) is 4.41. The van der Waals surface area contributed by atoms with Gasteiger partial charge in [-0.05, 0) is 13.0 Å². The van der Waals surface area contributed by atoms with Crippen LogP contribution in [0.4, 0.5) is 17.6 Å². The molecule has 0 amide bonds. The summed E-state index contributed by atoms with van der Waals surface area (Å²) in [7, 11) is 0. The van der Waals surface area contributed by atoms with Crippen molar-refractivity contribution in [1.29, 1.82) is 5.26 Å². The van der Waals surface area contributed by atoms with E-state index >= 15 is 0 Å². The third-order valence-corrected chi connectivity index (χ3v) is 2.52. The summed E-state index contributed by atoms with van der Waals surface area (Å²) in [6, 6.07) is 4.39. The van der Waals surface area contributed by atoms with Crippen LogP contribution in [0.25, 0.3) is 5.03 Å². The minimum atomic E-state index is -4.79. The van der Waals surface area contributed by atoms with Crippen molar-refractivity contribution in [2.45, 2.75) is 13.1 Å². The third kappa shape index (κ3) is 2.77. The average molecular weight is 264 g/mol. The maximum Gasteiger partial charge on any atom is 0.419 e. The second-order valence-electron chi connectivity index (χ2n) is 3.22. The summed E-state index contributed by atoms with van der Waals surface area (Å²) < 4.78 is 50.8.